The van der Waals surface area contributed by atoms with E-state index < -0.39 is 0 Å². The average Bonchev–Trinajstić information content (AvgIpc) is 2.59. The standard InChI is InChI=1S/C12H17NO.ClH/c1-13(2)12-7-4-9-8-10(14-3)5-6-11(9)12;/h5-6,8,12H,4,7H2,1-3H3;1H/t12-;/m0./s1. The van der Waals surface area contributed by atoms with Gasteiger partial charge in [0.15, 0.2) is 0 Å². The molecule has 15 heavy (non-hydrogen) atoms. The number of fused-ring (bicyclic) bond motifs is 1. The molecule has 0 aliphatic heterocycles. The highest BCUT2D eigenvalue weighted by Crippen LogP contribution is 2.35. The predicted octanol–water partition coefficient (Wildman–Crippen LogP) is 2.67. The number of hydrogen-bond acceptors (Lipinski definition) is 2. The van der Waals surface area contributed by atoms with Gasteiger partial charge in [0.05, 0.1) is 7.11 Å². The zero-order chi connectivity index (χ0) is 10.1. The van der Waals surface area contributed by atoms with Crippen molar-refractivity contribution in [2.75, 3.05) is 21.2 Å². The molecule has 1 atom stereocenters. The third kappa shape index (κ3) is 2.27. The van der Waals surface area contributed by atoms with Gasteiger partial charge in [-0.15, -0.1) is 12.4 Å². The second kappa shape index (κ2) is 4.86. The van der Waals surface area contributed by atoms with Crippen LogP contribution in [-0.4, -0.2) is 26.1 Å². The fraction of sp³-hybridized carbons (Fsp3) is 0.500. The third-order valence-electron chi connectivity index (χ3n) is 3.02. The number of methoxy groups -OCH3 is 1. The van der Waals surface area contributed by atoms with Gasteiger partial charge in [-0.2, -0.15) is 0 Å². The van der Waals surface area contributed by atoms with E-state index in [-0.39, 0.29) is 12.4 Å². The van der Waals surface area contributed by atoms with Crippen molar-refractivity contribution in [3.05, 3.63) is 29.3 Å². The number of benzene rings is 1. The maximum absolute atomic E-state index is 5.22. The van der Waals surface area contributed by atoms with Gasteiger partial charge in [0.1, 0.15) is 5.75 Å². The van der Waals surface area contributed by atoms with Crippen molar-refractivity contribution in [2.45, 2.75) is 18.9 Å². The molecule has 1 aliphatic carbocycles. The number of halogens is 1. The first-order chi connectivity index (χ1) is 6.72. The normalized spacial score (nSPS) is 18.5. The number of nitrogens with zero attached hydrogens (tertiary/aromatic N) is 1. The number of rotatable bonds is 2. The number of hydrogen-bond donors (Lipinski definition) is 0. The lowest BCUT2D eigenvalue weighted by molar-refractivity contribution is 0.299. The molecule has 2 rings (SSSR count). The summed E-state index contributed by atoms with van der Waals surface area (Å²) in [5.41, 5.74) is 2.92. The Bertz CT molecular complexity index is 338. The summed E-state index contributed by atoms with van der Waals surface area (Å²) in [5, 5.41) is 0. The molecule has 0 radical (unpaired) electrons. The van der Waals surface area contributed by atoms with E-state index in [0.29, 0.717) is 6.04 Å². The van der Waals surface area contributed by atoms with Crippen LogP contribution in [0.4, 0.5) is 0 Å². The van der Waals surface area contributed by atoms with Crippen molar-refractivity contribution in [3.8, 4) is 5.75 Å². The molecule has 1 aliphatic rings. The summed E-state index contributed by atoms with van der Waals surface area (Å²) >= 11 is 0. The minimum Gasteiger partial charge on any atom is -0.497 e. The Hall–Kier alpha value is -0.730. The van der Waals surface area contributed by atoms with Crippen LogP contribution in [0.1, 0.15) is 23.6 Å². The Balaban J connectivity index is 0.00000112. The Morgan fingerprint density at radius 3 is 2.67 bits per heavy atom. The SMILES string of the molecule is COc1ccc2c(c1)CC[C@@H]2N(C)C.Cl. The summed E-state index contributed by atoms with van der Waals surface area (Å²) in [5.74, 6) is 0.975. The van der Waals surface area contributed by atoms with Crippen molar-refractivity contribution in [1.82, 2.24) is 4.90 Å². The lowest BCUT2D eigenvalue weighted by Crippen LogP contribution is -2.17. The summed E-state index contributed by atoms with van der Waals surface area (Å²) in [4.78, 5) is 2.29. The first-order valence-corrected chi connectivity index (χ1v) is 5.05. The maximum atomic E-state index is 5.22. The average molecular weight is 228 g/mol. The van der Waals surface area contributed by atoms with E-state index in [9.17, 15) is 0 Å². The van der Waals surface area contributed by atoms with Crippen LogP contribution in [0.3, 0.4) is 0 Å². The molecule has 0 saturated heterocycles. The summed E-state index contributed by atoms with van der Waals surface area (Å²) < 4.78 is 5.22. The number of ether oxygens (including phenoxy) is 1. The lowest BCUT2D eigenvalue weighted by Gasteiger charge is -2.20. The topological polar surface area (TPSA) is 12.5 Å². The quantitative estimate of drug-likeness (QED) is 0.770. The highest BCUT2D eigenvalue weighted by atomic mass is 35.5. The van der Waals surface area contributed by atoms with E-state index in [0.717, 1.165) is 5.75 Å². The van der Waals surface area contributed by atoms with E-state index >= 15 is 0 Å². The van der Waals surface area contributed by atoms with Gasteiger partial charge in [-0.1, -0.05) is 6.07 Å². The van der Waals surface area contributed by atoms with E-state index in [1.165, 1.54) is 24.0 Å². The molecular formula is C12H18ClNO. The lowest BCUT2D eigenvalue weighted by atomic mass is 10.1. The second-order valence-electron chi connectivity index (χ2n) is 4.08. The van der Waals surface area contributed by atoms with Crippen LogP contribution >= 0.6 is 12.4 Å². The highest BCUT2D eigenvalue weighted by Gasteiger charge is 2.23. The molecule has 0 aromatic heterocycles. The van der Waals surface area contributed by atoms with Crippen molar-refractivity contribution >= 4 is 12.4 Å². The van der Waals surface area contributed by atoms with E-state index in [2.05, 4.69) is 37.2 Å². The largest absolute Gasteiger partial charge is 0.497 e. The van der Waals surface area contributed by atoms with Gasteiger partial charge >= 0.3 is 0 Å². The first-order valence-electron chi connectivity index (χ1n) is 5.05. The molecule has 1 aromatic carbocycles. The van der Waals surface area contributed by atoms with Crippen LogP contribution in [0.25, 0.3) is 0 Å². The first kappa shape index (κ1) is 12.3. The summed E-state index contributed by atoms with van der Waals surface area (Å²) in [6.07, 6.45) is 2.41. The molecule has 0 fully saturated rings. The minimum absolute atomic E-state index is 0. The van der Waals surface area contributed by atoms with Crippen LogP contribution in [0, 0.1) is 0 Å². The van der Waals surface area contributed by atoms with Gasteiger partial charge in [0, 0.05) is 6.04 Å². The Kier molecular flexibility index (Phi) is 4.00. The summed E-state index contributed by atoms with van der Waals surface area (Å²) in [7, 11) is 6.01. The van der Waals surface area contributed by atoms with Gasteiger partial charge < -0.3 is 9.64 Å². The fourth-order valence-electron chi connectivity index (χ4n) is 2.23. The predicted molar refractivity (Wildman–Crippen MR) is 65.0 cm³/mol. The molecule has 0 heterocycles. The molecule has 1 aromatic rings. The second-order valence-corrected chi connectivity index (χ2v) is 4.08. The molecule has 0 spiro atoms. The smallest absolute Gasteiger partial charge is 0.119 e. The van der Waals surface area contributed by atoms with E-state index in [1.54, 1.807) is 7.11 Å². The van der Waals surface area contributed by atoms with Gasteiger partial charge in [0.2, 0.25) is 0 Å². The van der Waals surface area contributed by atoms with Crippen molar-refractivity contribution in [1.29, 1.82) is 0 Å². The number of aryl methyl sites for hydroxylation is 1. The van der Waals surface area contributed by atoms with Crippen LogP contribution in [0.15, 0.2) is 18.2 Å². The fourth-order valence-corrected chi connectivity index (χ4v) is 2.23. The zero-order valence-corrected chi connectivity index (χ0v) is 10.3. The van der Waals surface area contributed by atoms with Gasteiger partial charge in [0.25, 0.3) is 0 Å². The van der Waals surface area contributed by atoms with Crippen LogP contribution in [-0.2, 0) is 6.42 Å². The van der Waals surface area contributed by atoms with Crippen molar-refractivity contribution < 1.29 is 4.74 Å². The minimum atomic E-state index is 0. The monoisotopic (exact) mass is 227 g/mol. The summed E-state index contributed by atoms with van der Waals surface area (Å²) in [6, 6.07) is 7.02. The third-order valence-corrected chi connectivity index (χ3v) is 3.02. The van der Waals surface area contributed by atoms with E-state index in [1.807, 2.05) is 0 Å². The highest BCUT2D eigenvalue weighted by molar-refractivity contribution is 5.85. The van der Waals surface area contributed by atoms with Crippen LogP contribution < -0.4 is 4.74 Å². The van der Waals surface area contributed by atoms with Gasteiger partial charge in [-0.3, -0.25) is 0 Å². The van der Waals surface area contributed by atoms with Crippen LogP contribution in [0.2, 0.25) is 0 Å². The Labute approximate surface area is 97.6 Å². The molecule has 0 saturated carbocycles. The van der Waals surface area contributed by atoms with Crippen molar-refractivity contribution in [2.24, 2.45) is 0 Å². The molecule has 0 unspecified atom stereocenters. The Morgan fingerprint density at radius 2 is 2.07 bits per heavy atom. The molecule has 0 N–H and O–H groups in total. The molecule has 0 amide bonds. The van der Waals surface area contributed by atoms with Gasteiger partial charge in [-0.05, 0) is 50.2 Å². The van der Waals surface area contributed by atoms with Crippen molar-refractivity contribution in [3.63, 3.8) is 0 Å². The molecule has 0 bridgehead atoms. The molecule has 84 valence electrons. The maximum Gasteiger partial charge on any atom is 0.119 e. The van der Waals surface area contributed by atoms with Crippen LogP contribution in [0.5, 0.6) is 5.75 Å². The summed E-state index contributed by atoms with van der Waals surface area (Å²) in [6.45, 7) is 0. The van der Waals surface area contributed by atoms with Gasteiger partial charge in [-0.25, -0.2) is 0 Å². The van der Waals surface area contributed by atoms with E-state index in [4.69, 9.17) is 4.74 Å². The molecule has 2 nitrogen and oxygen atoms in total. The zero-order valence-electron chi connectivity index (χ0n) is 9.49. The molecular weight excluding hydrogens is 210 g/mol. The molecule has 3 heteroatoms. The Morgan fingerprint density at radius 1 is 1.33 bits per heavy atom.